The van der Waals surface area contributed by atoms with Gasteiger partial charge in [-0.05, 0) is 36.8 Å². The van der Waals surface area contributed by atoms with E-state index in [4.69, 9.17) is 0 Å². The molecule has 4 rings (SSSR count). The Morgan fingerprint density at radius 3 is 2.90 bits per heavy atom. The fourth-order valence-corrected chi connectivity index (χ4v) is 2.96. The highest BCUT2D eigenvalue weighted by Crippen LogP contribution is 2.35. The molecule has 106 valence electrons. The molecular formula is C16H13F2N3. The van der Waals surface area contributed by atoms with E-state index in [9.17, 15) is 8.78 Å². The van der Waals surface area contributed by atoms with E-state index in [0.717, 1.165) is 22.8 Å². The summed E-state index contributed by atoms with van der Waals surface area (Å²) in [7, 11) is 0. The highest BCUT2D eigenvalue weighted by atomic mass is 19.1. The van der Waals surface area contributed by atoms with Crippen molar-refractivity contribution in [3.63, 3.8) is 0 Å². The van der Waals surface area contributed by atoms with Crippen LogP contribution in [0.3, 0.4) is 0 Å². The quantitative estimate of drug-likeness (QED) is 0.738. The van der Waals surface area contributed by atoms with Crippen LogP contribution in [0.2, 0.25) is 0 Å². The van der Waals surface area contributed by atoms with E-state index in [-0.39, 0.29) is 6.04 Å². The predicted molar refractivity (Wildman–Crippen MR) is 77.3 cm³/mol. The van der Waals surface area contributed by atoms with Gasteiger partial charge in [0.25, 0.3) is 0 Å². The van der Waals surface area contributed by atoms with Crippen LogP contribution in [0.25, 0.3) is 10.9 Å². The minimum Gasteiger partial charge on any atom is -0.370 e. The molecular weight excluding hydrogens is 272 g/mol. The van der Waals surface area contributed by atoms with Crippen LogP contribution in [0.5, 0.6) is 0 Å². The number of anilines is 1. The van der Waals surface area contributed by atoms with Crippen molar-refractivity contribution in [2.24, 2.45) is 0 Å². The molecule has 2 aromatic carbocycles. The Kier molecular flexibility index (Phi) is 2.67. The molecule has 0 spiro atoms. The average molecular weight is 285 g/mol. The normalized spacial score (nSPS) is 17.5. The molecule has 1 atom stereocenters. The molecule has 1 N–H and O–H groups in total. The Bertz CT molecular complexity index is 826. The van der Waals surface area contributed by atoms with Crippen molar-refractivity contribution in [2.45, 2.75) is 12.5 Å². The molecule has 0 saturated carbocycles. The van der Waals surface area contributed by atoms with Crippen LogP contribution < -0.4 is 5.32 Å². The minimum absolute atomic E-state index is 0.288. The smallest absolute Gasteiger partial charge is 0.132 e. The third-order valence-electron chi connectivity index (χ3n) is 3.93. The SMILES string of the molecule is Fc1ccc(F)c(C2CCNc3c4ccccc4nn32)c1. The summed E-state index contributed by atoms with van der Waals surface area (Å²) < 4.78 is 29.3. The van der Waals surface area contributed by atoms with Crippen molar-refractivity contribution >= 4 is 16.7 Å². The van der Waals surface area contributed by atoms with E-state index in [1.54, 1.807) is 4.68 Å². The van der Waals surface area contributed by atoms with Crippen molar-refractivity contribution < 1.29 is 8.78 Å². The van der Waals surface area contributed by atoms with E-state index in [0.29, 0.717) is 18.5 Å². The highest BCUT2D eigenvalue weighted by molar-refractivity contribution is 5.90. The van der Waals surface area contributed by atoms with Crippen molar-refractivity contribution in [1.29, 1.82) is 0 Å². The lowest BCUT2D eigenvalue weighted by Gasteiger charge is -2.26. The van der Waals surface area contributed by atoms with E-state index in [2.05, 4.69) is 10.4 Å². The number of aromatic nitrogens is 2. The zero-order valence-electron chi connectivity index (χ0n) is 11.2. The molecule has 5 heteroatoms. The van der Waals surface area contributed by atoms with E-state index in [1.807, 2.05) is 24.3 Å². The second-order valence-corrected chi connectivity index (χ2v) is 5.21. The molecule has 0 radical (unpaired) electrons. The van der Waals surface area contributed by atoms with Gasteiger partial charge in [0, 0.05) is 17.5 Å². The minimum atomic E-state index is -0.428. The highest BCUT2D eigenvalue weighted by Gasteiger charge is 2.26. The first-order valence-electron chi connectivity index (χ1n) is 6.90. The van der Waals surface area contributed by atoms with Gasteiger partial charge in [-0.3, -0.25) is 0 Å². The van der Waals surface area contributed by atoms with Gasteiger partial charge in [-0.25, -0.2) is 13.5 Å². The molecule has 3 aromatic rings. The summed E-state index contributed by atoms with van der Waals surface area (Å²) in [5.41, 5.74) is 1.20. The van der Waals surface area contributed by atoms with Gasteiger partial charge < -0.3 is 5.32 Å². The number of hydrogen-bond donors (Lipinski definition) is 1. The number of hydrogen-bond acceptors (Lipinski definition) is 2. The van der Waals surface area contributed by atoms with Crippen LogP contribution in [0.15, 0.2) is 42.5 Å². The topological polar surface area (TPSA) is 29.9 Å². The molecule has 0 saturated heterocycles. The van der Waals surface area contributed by atoms with Gasteiger partial charge in [0.2, 0.25) is 0 Å². The van der Waals surface area contributed by atoms with Crippen molar-refractivity contribution in [3.8, 4) is 0 Å². The second-order valence-electron chi connectivity index (χ2n) is 5.21. The first kappa shape index (κ1) is 12.3. The van der Waals surface area contributed by atoms with Crippen LogP contribution >= 0.6 is 0 Å². The first-order chi connectivity index (χ1) is 10.2. The number of rotatable bonds is 1. The third-order valence-corrected chi connectivity index (χ3v) is 3.93. The number of halogens is 2. The predicted octanol–water partition coefficient (Wildman–Crippen LogP) is 3.72. The monoisotopic (exact) mass is 285 g/mol. The molecule has 1 aromatic heterocycles. The molecule has 0 fully saturated rings. The summed E-state index contributed by atoms with van der Waals surface area (Å²) in [6, 6.07) is 11.0. The summed E-state index contributed by atoms with van der Waals surface area (Å²) in [6.45, 7) is 0.705. The maximum absolute atomic E-state index is 14.1. The fourth-order valence-electron chi connectivity index (χ4n) is 2.96. The summed E-state index contributed by atoms with van der Waals surface area (Å²) >= 11 is 0. The summed E-state index contributed by atoms with van der Waals surface area (Å²) in [5, 5.41) is 8.85. The van der Waals surface area contributed by atoms with Gasteiger partial charge in [-0.2, -0.15) is 5.10 Å². The molecule has 3 nitrogen and oxygen atoms in total. The summed E-state index contributed by atoms with van der Waals surface area (Å²) in [6.07, 6.45) is 0.668. The Labute approximate surface area is 120 Å². The van der Waals surface area contributed by atoms with Crippen LogP contribution in [0.1, 0.15) is 18.0 Å². The molecule has 0 aliphatic carbocycles. The Morgan fingerprint density at radius 1 is 1.14 bits per heavy atom. The van der Waals surface area contributed by atoms with Gasteiger partial charge in [0.1, 0.15) is 17.5 Å². The van der Waals surface area contributed by atoms with Crippen LogP contribution in [0.4, 0.5) is 14.6 Å². The van der Waals surface area contributed by atoms with E-state index in [1.165, 1.54) is 12.1 Å². The standard InChI is InChI=1S/C16H13F2N3/c17-10-5-6-13(18)12(9-10)15-7-8-19-16-11-3-1-2-4-14(11)20-21(15)16/h1-6,9,15,19H,7-8H2. The lowest BCUT2D eigenvalue weighted by Crippen LogP contribution is -2.25. The van der Waals surface area contributed by atoms with E-state index >= 15 is 0 Å². The Balaban J connectivity index is 1.92. The summed E-state index contributed by atoms with van der Waals surface area (Å²) in [5.74, 6) is 0.0440. The molecule has 1 unspecified atom stereocenters. The number of fused-ring (bicyclic) bond motifs is 3. The van der Waals surface area contributed by atoms with Gasteiger partial charge in [-0.15, -0.1) is 0 Å². The molecule has 0 amide bonds. The molecule has 1 aliphatic rings. The van der Waals surface area contributed by atoms with Gasteiger partial charge in [0.05, 0.1) is 11.6 Å². The maximum atomic E-state index is 14.1. The zero-order chi connectivity index (χ0) is 14.4. The molecule has 2 heterocycles. The first-order valence-corrected chi connectivity index (χ1v) is 6.90. The molecule has 21 heavy (non-hydrogen) atoms. The fraction of sp³-hybridized carbons (Fsp3) is 0.188. The maximum Gasteiger partial charge on any atom is 0.132 e. The Morgan fingerprint density at radius 2 is 2.00 bits per heavy atom. The van der Waals surface area contributed by atoms with Crippen molar-refractivity contribution in [3.05, 3.63) is 59.7 Å². The van der Waals surface area contributed by atoms with Crippen molar-refractivity contribution in [2.75, 3.05) is 11.9 Å². The van der Waals surface area contributed by atoms with Gasteiger partial charge in [0.15, 0.2) is 0 Å². The van der Waals surface area contributed by atoms with Crippen molar-refractivity contribution in [1.82, 2.24) is 9.78 Å². The van der Waals surface area contributed by atoms with E-state index < -0.39 is 11.6 Å². The number of nitrogens with zero attached hydrogens (tertiary/aromatic N) is 2. The lowest BCUT2D eigenvalue weighted by molar-refractivity contribution is 0.457. The number of benzene rings is 2. The van der Waals surface area contributed by atoms with Gasteiger partial charge >= 0.3 is 0 Å². The third kappa shape index (κ3) is 1.88. The zero-order valence-corrected chi connectivity index (χ0v) is 11.2. The number of nitrogens with one attached hydrogen (secondary N) is 1. The largest absolute Gasteiger partial charge is 0.370 e. The molecule has 0 bridgehead atoms. The second kappa shape index (κ2) is 4.55. The van der Waals surface area contributed by atoms with Gasteiger partial charge in [-0.1, -0.05) is 12.1 Å². The lowest BCUT2D eigenvalue weighted by atomic mass is 10.0. The Hall–Kier alpha value is -2.43. The van der Waals surface area contributed by atoms with Crippen LogP contribution in [0, 0.1) is 11.6 Å². The van der Waals surface area contributed by atoms with Crippen LogP contribution in [-0.4, -0.2) is 16.3 Å². The average Bonchev–Trinajstić information content (AvgIpc) is 2.88. The summed E-state index contributed by atoms with van der Waals surface area (Å²) in [4.78, 5) is 0. The molecule has 1 aliphatic heterocycles. The van der Waals surface area contributed by atoms with Crippen LogP contribution in [-0.2, 0) is 0 Å².